The van der Waals surface area contributed by atoms with E-state index in [9.17, 15) is 0 Å². The summed E-state index contributed by atoms with van der Waals surface area (Å²) < 4.78 is 11.1. The Morgan fingerprint density at radius 1 is 1.16 bits per heavy atom. The number of hydrogen-bond donors (Lipinski definition) is 0. The van der Waals surface area contributed by atoms with E-state index in [0.29, 0.717) is 19.8 Å². The number of alkyl halides is 1. The Morgan fingerprint density at radius 3 is 2.47 bits per heavy atom. The molecule has 0 bridgehead atoms. The summed E-state index contributed by atoms with van der Waals surface area (Å²) in [5.74, 6) is 0.860. The molecule has 0 N–H and O–H groups in total. The van der Waals surface area contributed by atoms with Crippen molar-refractivity contribution in [2.45, 2.75) is 5.33 Å². The first kappa shape index (κ1) is 15.7. The quantitative estimate of drug-likeness (QED) is 0.384. The van der Waals surface area contributed by atoms with Crippen molar-refractivity contribution in [1.82, 2.24) is 0 Å². The molecule has 0 amide bonds. The van der Waals surface area contributed by atoms with Crippen LogP contribution in [0.2, 0.25) is 0 Å². The fourth-order valence-corrected chi connectivity index (χ4v) is 1.78. The van der Waals surface area contributed by atoms with Crippen molar-refractivity contribution >= 4 is 15.9 Å². The maximum atomic E-state index is 5.58. The normalized spacial score (nSPS) is 11.1. The molecule has 0 aromatic heterocycles. The Bertz CT molecular complexity index is 421. The molecule has 2 nitrogen and oxygen atoms in total. The van der Waals surface area contributed by atoms with Crippen LogP contribution in [-0.2, 0) is 10.1 Å². The van der Waals surface area contributed by atoms with Crippen molar-refractivity contribution < 1.29 is 9.47 Å². The van der Waals surface area contributed by atoms with Crippen molar-refractivity contribution in [3.05, 3.63) is 66.8 Å². The molecule has 0 atom stereocenters. The van der Waals surface area contributed by atoms with Crippen molar-refractivity contribution in [3.63, 3.8) is 0 Å². The van der Waals surface area contributed by atoms with Gasteiger partial charge in [0, 0.05) is 5.33 Å². The summed E-state index contributed by atoms with van der Waals surface area (Å²) >= 11 is 3.41. The maximum Gasteiger partial charge on any atom is 0.119 e. The fourth-order valence-electron chi connectivity index (χ4n) is 1.41. The van der Waals surface area contributed by atoms with Gasteiger partial charge in [0.15, 0.2) is 0 Å². The molecule has 19 heavy (non-hydrogen) atoms. The zero-order chi connectivity index (χ0) is 13.9. The third kappa shape index (κ3) is 6.41. The van der Waals surface area contributed by atoms with Crippen molar-refractivity contribution in [2.24, 2.45) is 0 Å². The van der Waals surface area contributed by atoms with Crippen LogP contribution >= 0.6 is 15.9 Å². The third-order valence-electron chi connectivity index (χ3n) is 2.44. The zero-order valence-electron chi connectivity index (χ0n) is 11.0. The lowest BCUT2D eigenvalue weighted by molar-refractivity contribution is 0.118. The van der Waals surface area contributed by atoms with Crippen LogP contribution in [0.4, 0.5) is 0 Å². The molecule has 0 saturated heterocycles. The van der Waals surface area contributed by atoms with Crippen LogP contribution in [0.3, 0.4) is 0 Å². The summed E-state index contributed by atoms with van der Waals surface area (Å²) in [6.07, 6.45) is 5.37. The Morgan fingerprint density at radius 2 is 1.89 bits per heavy atom. The lowest BCUT2D eigenvalue weighted by Crippen LogP contribution is -2.08. The number of rotatable bonds is 9. The van der Waals surface area contributed by atoms with Crippen LogP contribution in [0.15, 0.2) is 61.2 Å². The highest BCUT2D eigenvalue weighted by Gasteiger charge is 1.96. The molecule has 0 unspecified atom stereocenters. The predicted octanol–water partition coefficient (Wildman–Crippen LogP) is 4.28. The van der Waals surface area contributed by atoms with E-state index in [4.69, 9.17) is 9.47 Å². The molecule has 1 aromatic rings. The second-order valence-electron chi connectivity index (χ2n) is 3.86. The van der Waals surface area contributed by atoms with Crippen LogP contribution in [-0.4, -0.2) is 19.8 Å². The molecule has 0 aliphatic carbocycles. The lowest BCUT2D eigenvalue weighted by Gasteiger charge is -2.08. The topological polar surface area (TPSA) is 18.5 Å². The standard InChI is InChI=1S/C16H19BrO2/c1-3-5-14(4-2)13-18-10-11-19-16-8-6-15(12-17)7-9-16/h3-9H,1-2,10-13H2/b14-5+. The summed E-state index contributed by atoms with van der Waals surface area (Å²) in [6.45, 7) is 8.96. The van der Waals surface area contributed by atoms with Gasteiger partial charge in [-0.3, -0.25) is 0 Å². The molecule has 102 valence electrons. The monoisotopic (exact) mass is 322 g/mol. The van der Waals surface area contributed by atoms with Gasteiger partial charge < -0.3 is 9.47 Å². The number of benzene rings is 1. The van der Waals surface area contributed by atoms with E-state index in [1.54, 1.807) is 12.2 Å². The molecule has 3 heteroatoms. The number of allylic oxidation sites excluding steroid dienone is 2. The summed E-state index contributed by atoms with van der Waals surface area (Å²) in [6, 6.07) is 7.99. The Balaban J connectivity index is 2.21. The third-order valence-corrected chi connectivity index (χ3v) is 3.08. The van der Waals surface area contributed by atoms with E-state index >= 15 is 0 Å². The highest BCUT2D eigenvalue weighted by molar-refractivity contribution is 9.08. The second kappa shape index (κ2) is 9.59. The van der Waals surface area contributed by atoms with Crippen LogP contribution < -0.4 is 4.74 Å². The van der Waals surface area contributed by atoms with E-state index < -0.39 is 0 Å². The summed E-state index contributed by atoms with van der Waals surface area (Å²) in [7, 11) is 0. The van der Waals surface area contributed by atoms with Crippen LogP contribution in [0.5, 0.6) is 5.75 Å². The SMILES string of the molecule is C=C/C=C(\C=C)COCCOc1ccc(CBr)cc1. The predicted molar refractivity (Wildman–Crippen MR) is 83.9 cm³/mol. The molecule has 0 heterocycles. The van der Waals surface area contributed by atoms with Gasteiger partial charge in [0.25, 0.3) is 0 Å². The first-order valence-electron chi connectivity index (χ1n) is 6.09. The molecule has 1 rings (SSSR count). The molecule has 0 aliphatic heterocycles. The highest BCUT2D eigenvalue weighted by atomic mass is 79.9. The molecular weight excluding hydrogens is 304 g/mol. The van der Waals surface area contributed by atoms with Crippen molar-refractivity contribution in [3.8, 4) is 5.75 Å². The molecule has 0 fully saturated rings. The van der Waals surface area contributed by atoms with E-state index in [1.807, 2.05) is 30.3 Å². The highest BCUT2D eigenvalue weighted by Crippen LogP contribution is 2.13. The second-order valence-corrected chi connectivity index (χ2v) is 4.42. The Hall–Kier alpha value is -1.32. The minimum Gasteiger partial charge on any atom is -0.491 e. The van der Waals surface area contributed by atoms with E-state index in [1.165, 1.54) is 5.56 Å². The lowest BCUT2D eigenvalue weighted by atomic mass is 10.2. The van der Waals surface area contributed by atoms with Gasteiger partial charge in [-0.1, -0.05) is 59.4 Å². The smallest absolute Gasteiger partial charge is 0.119 e. The summed E-state index contributed by atoms with van der Waals surface area (Å²) in [5, 5.41) is 0.857. The fraction of sp³-hybridized carbons (Fsp3) is 0.250. The van der Waals surface area contributed by atoms with Gasteiger partial charge in [-0.2, -0.15) is 0 Å². The van der Waals surface area contributed by atoms with Gasteiger partial charge in [-0.15, -0.1) is 0 Å². The van der Waals surface area contributed by atoms with Gasteiger partial charge in [0.2, 0.25) is 0 Å². The maximum absolute atomic E-state index is 5.58. The minimum absolute atomic E-state index is 0.529. The van der Waals surface area contributed by atoms with E-state index in [0.717, 1.165) is 16.7 Å². The largest absolute Gasteiger partial charge is 0.491 e. The molecular formula is C16H19BrO2. The molecule has 0 spiro atoms. The first-order chi connectivity index (χ1) is 9.30. The van der Waals surface area contributed by atoms with Gasteiger partial charge in [0.1, 0.15) is 12.4 Å². The molecule has 0 radical (unpaired) electrons. The zero-order valence-corrected chi connectivity index (χ0v) is 12.6. The average molecular weight is 323 g/mol. The molecule has 1 aromatic carbocycles. The van der Waals surface area contributed by atoms with E-state index in [-0.39, 0.29) is 0 Å². The number of ether oxygens (including phenoxy) is 2. The van der Waals surface area contributed by atoms with Gasteiger partial charge in [-0.25, -0.2) is 0 Å². The first-order valence-corrected chi connectivity index (χ1v) is 7.21. The van der Waals surface area contributed by atoms with Crippen molar-refractivity contribution in [2.75, 3.05) is 19.8 Å². The van der Waals surface area contributed by atoms with Crippen LogP contribution in [0.1, 0.15) is 5.56 Å². The van der Waals surface area contributed by atoms with Gasteiger partial charge >= 0.3 is 0 Å². The average Bonchev–Trinajstić information content (AvgIpc) is 2.46. The number of halogens is 1. The Labute approximate surface area is 123 Å². The molecule has 0 aliphatic rings. The van der Waals surface area contributed by atoms with Crippen molar-refractivity contribution in [1.29, 1.82) is 0 Å². The van der Waals surface area contributed by atoms with Crippen LogP contribution in [0, 0.1) is 0 Å². The Kier molecular flexibility index (Phi) is 7.94. The van der Waals surface area contributed by atoms with Gasteiger partial charge in [0.05, 0.1) is 13.2 Å². The number of hydrogen-bond acceptors (Lipinski definition) is 2. The van der Waals surface area contributed by atoms with Crippen LogP contribution in [0.25, 0.3) is 0 Å². The van der Waals surface area contributed by atoms with Gasteiger partial charge in [-0.05, 0) is 23.3 Å². The minimum atomic E-state index is 0.529. The summed E-state index contributed by atoms with van der Waals surface area (Å²) in [5.41, 5.74) is 2.24. The van der Waals surface area contributed by atoms with E-state index in [2.05, 4.69) is 29.1 Å². The molecule has 0 saturated carbocycles. The summed E-state index contributed by atoms with van der Waals surface area (Å²) in [4.78, 5) is 0.